The average molecular weight is 342 g/mol. The fourth-order valence-electron chi connectivity index (χ4n) is 3.30. The molecule has 2 fully saturated rings. The molecule has 0 amide bonds. The molecule has 0 aromatic heterocycles. The van der Waals surface area contributed by atoms with Gasteiger partial charge in [0.1, 0.15) is 0 Å². The van der Waals surface area contributed by atoms with E-state index in [1.807, 2.05) is 0 Å². The van der Waals surface area contributed by atoms with E-state index >= 15 is 0 Å². The molecule has 0 aromatic rings. The van der Waals surface area contributed by atoms with Crippen LogP contribution in [-0.2, 0) is 23.7 Å². The predicted octanol–water partition coefficient (Wildman–Crippen LogP) is 3.35. The lowest BCUT2D eigenvalue weighted by molar-refractivity contribution is -0.137. The molecule has 2 saturated heterocycles. The largest absolute Gasteiger partial charge is 0.465 e. The number of carbonyl (C=O) groups excluding carboxylic acids is 1. The second-order valence-electron chi connectivity index (χ2n) is 7.05. The van der Waals surface area contributed by atoms with Gasteiger partial charge in [0, 0.05) is 45.6 Å². The van der Waals surface area contributed by atoms with Crippen LogP contribution in [0.4, 0.5) is 0 Å². The van der Waals surface area contributed by atoms with Gasteiger partial charge in [-0.2, -0.15) is 0 Å². The number of carbonyl (C=O) groups is 1. The molecular formula is C19H34O5. The van der Waals surface area contributed by atoms with E-state index in [1.165, 1.54) is 19.3 Å². The Morgan fingerprint density at radius 3 is 2.08 bits per heavy atom. The second kappa shape index (κ2) is 12.7. The molecule has 0 N–H and O–H groups in total. The monoisotopic (exact) mass is 342 g/mol. The standard InChI is InChI=1S/C19H34O5/c20-19-14-18(16-24-19)7-2-4-10-22-12-5-11-21-9-3-1-6-17-8-13-23-15-17/h17-18H,1-16H2. The van der Waals surface area contributed by atoms with Gasteiger partial charge in [-0.3, -0.25) is 4.79 Å². The minimum absolute atomic E-state index is 0.0381. The minimum Gasteiger partial charge on any atom is -0.465 e. The minimum atomic E-state index is -0.0381. The van der Waals surface area contributed by atoms with Crippen LogP contribution in [0.2, 0.25) is 0 Å². The van der Waals surface area contributed by atoms with Crippen molar-refractivity contribution in [3.63, 3.8) is 0 Å². The molecule has 0 aromatic carbocycles. The molecule has 2 aliphatic heterocycles. The number of esters is 1. The number of ether oxygens (including phenoxy) is 4. The third kappa shape index (κ3) is 9.00. The maximum Gasteiger partial charge on any atom is 0.306 e. The van der Waals surface area contributed by atoms with Crippen molar-refractivity contribution in [3.05, 3.63) is 0 Å². The van der Waals surface area contributed by atoms with Crippen LogP contribution in [0.25, 0.3) is 0 Å². The third-order valence-corrected chi connectivity index (χ3v) is 4.84. The summed E-state index contributed by atoms with van der Waals surface area (Å²) in [7, 11) is 0. The van der Waals surface area contributed by atoms with Crippen LogP contribution in [0.3, 0.4) is 0 Å². The van der Waals surface area contributed by atoms with E-state index in [0.717, 1.165) is 77.7 Å². The van der Waals surface area contributed by atoms with Crippen molar-refractivity contribution < 1.29 is 23.7 Å². The summed E-state index contributed by atoms with van der Waals surface area (Å²) in [4.78, 5) is 11.0. The van der Waals surface area contributed by atoms with Gasteiger partial charge in [-0.25, -0.2) is 0 Å². The molecule has 2 atom stereocenters. The molecule has 2 unspecified atom stereocenters. The van der Waals surface area contributed by atoms with Crippen molar-refractivity contribution in [1.82, 2.24) is 0 Å². The Hall–Kier alpha value is -0.650. The SMILES string of the molecule is O=C1CC(CCCCOCCCOCCCCC2CCOC2)CO1. The number of hydrogen-bond acceptors (Lipinski definition) is 5. The summed E-state index contributed by atoms with van der Waals surface area (Å²) >= 11 is 0. The van der Waals surface area contributed by atoms with E-state index in [9.17, 15) is 4.79 Å². The summed E-state index contributed by atoms with van der Waals surface area (Å²) in [5, 5.41) is 0. The van der Waals surface area contributed by atoms with Gasteiger partial charge in [-0.15, -0.1) is 0 Å². The summed E-state index contributed by atoms with van der Waals surface area (Å²) in [6.45, 7) is 5.80. The van der Waals surface area contributed by atoms with Gasteiger partial charge in [0.25, 0.3) is 0 Å². The van der Waals surface area contributed by atoms with Gasteiger partial charge >= 0.3 is 5.97 Å². The highest BCUT2D eigenvalue weighted by atomic mass is 16.5. The van der Waals surface area contributed by atoms with Gasteiger partial charge in [0.05, 0.1) is 13.0 Å². The molecule has 2 rings (SSSR count). The summed E-state index contributed by atoms with van der Waals surface area (Å²) < 4.78 is 21.6. The first-order valence-electron chi connectivity index (χ1n) is 9.73. The molecule has 0 spiro atoms. The summed E-state index contributed by atoms with van der Waals surface area (Å²) in [6, 6.07) is 0. The highest BCUT2D eigenvalue weighted by Crippen LogP contribution is 2.20. The highest BCUT2D eigenvalue weighted by Gasteiger charge is 2.22. The van der Waals surface area contributed by atoms with Crippen LogP contribution in [0.5, 0.6) is 0 Å². The molecule has 0 aliphatic carbocycles. The third-order valence-electron chi connectivity index (χ3n) is 4.84. The molecule has 0 saturated carbocycles. The molecule has 5 heteroatoms. The van der Waals surface area contributed by atoms with Gasteiger partial charge in [-0.05, 0) is 44.4 Å². The van der Waals surface area contributed by atoms with Gasteiger partial charge in [-0.1, -0.05) is 12.8 Å². The molecule has 24 heavy (non-hydrogen) atoms. The zero-order chi connectivity index (χ0) is 16.9. The van der Waals surface area contributed by atoms with Crippen LogP contribution in [0, 0.1) is 11.8 Å². The summed E-state index contributed by atoms with van der Waals surface area (Å²) in [5.41, 5.74) is 0. The van der Waals surface area contributed by atoms with Crippen molar-refractivity contribution in [2.75, 3.05) is 46.2 Å². The van der Waals surface area contributed by atoms with Crippen LogP contribution in [0.15, 0.2) is 0 Å². The average Bonchev–Trinajstić information content (AvgIpc) is 3.23. The predicted molar refractivity (Wildman–Crippen MR) is 91.9 cm³/mol. The number of unbranched alkanes of at least 4 members (excludes halogenated alkanes) is 2. The van der Waals surface area contributed by atoms with Crippen molar-refractivity contribution in [1.29, 1.82) is 0 Å². The Morgan fingerprint density at radius 2 is 1.50 bits per heavy atom. The maximum atomic E-state index is 11.0. The zero-order valence-corrected chi connectivity index (χ0v) is 15.0. The van der Waals surface area contributed by atoms with E-state index in [-0.39, 0.29) is 5.97 Å². The number of cyclic esters (lactones) is 1. The van der Waals surface area contributed by atoms with Crippen LogP contribution in [0.1, 0.15) is 57.8 Å². The van der Waals surface area contributed by atoms with E-state index < -0.39 is 0 Å². The Balaban J connectivity index is 1.23. The molecule has 5 nitrogen and oxygen atoms in total. The van der Waals surface area contributed by atoms with Crippen LogP contribution < -0.4 is 0 Å². The number of rotatable bonds is 14. The Labute approximate surface area is 146 Å². The van der Waals surface area contributed by atoms with Crippen molar-refractivity contribution in [3.8, 4) is 0 Å². The lowest BCUT2D eigenvalue weighted by Gasteiger charge is -2.08. The van der Waals surface area contributed by atoms with Gasteiger partial charge in [0.2, 0.25) is 0 Å². The Bertz CT molecular complexity index is 328. The number of hydrogen-bond donors (Lipinski definition) is 0. The first-order chi connectivity index (χ1) is 11.8. The lowest BCUT2D eigenvalue weighted by Crippen LogP contribution is -2.05. The quantitative estimate of drug-likeness (QED) is 0.358. The molecular weight excluding hydrogens is 308 g/mol. The van der Waals surface area contributed by atoms with Crippen LogP contribution >= 0.6 is 0 Å². The first kappa shape index (κ1) is 19.7. The zero-order valence-electron chi connectivity index (χ0n) is 15.0. The van der Waals surface area contributed by atoms with Crippen molar-refractivity contribution >= 4 is 5.97 Å². The molecule has 140 valence electrons. The fourth-order valence-corrected chi connectivity index (χ4v) is 3.30. The highest BCUT2D eigenvalue weighted by molar-refractivity contribution is 5.71. The van der Waals surface area contributed by atoms with E-state index in [0.29, 0.717) is 18.9 Å². The van der Waals surface area contributed by atoms with E-state index in [1.54, 1.807) is 0 Å². The van der Waals surface area contributed by atoms with Crippen molar-refractivity contribution in [2.24, 2.45) is 11.8 Å². The topological polar surface area (TPSA) is 54.0 Å². The van der Waals surface area contributed by atoms with Crippen LogP contribution in [-0.4, -0.2) is 52.2 Å². The van der Waals surface area contributed by atoms with Gasteiger partial charge < -0.3 is 18.9 Å². The van der Waals surface area contributed by atoms with E-state index in [4.69, 9.17) is 18.9 Å². The van der Waals surface area contributed by atoms with E-state index in [2.05, 4.69) is 0 Å². The second-order valence-corrected chi connectivity index (χ2v) is 7.05. The van der Waals surface area contributed by atoms with Crippen molar-refractivity contribution in [2.45, 2.75) is 57.8 Å². The maximum absolute atomic E-state index is 11.0. The molecule has 0 bridgehead atoms. The molecule has 2 aliphatic rings. The Morgan fingerprint density at radius 1 is 0.833 bits per heavy atom. The summed E-state index contributed by atoms with van der Waals surface area (Å²) in [6.07, 6.45) is 9.77. The lowest BCUT2D eigenvalue weighted by atomic mass is 10.0. The summed E-state index contributed by atoms with van der Waals surface area (Å²) in [5.74, 6) is 1.19. The van der Waals surface area contributed by atoms with Gasteiger partial charge in [0.15, 0.2) is 0 Å². The molecule has 0 radical (unpaired) electrons. The smallest absolute Gasteiger partial charge is 0.306 e. The fraction of sp³-hybridized carbons (Fsp3) is 0.947. The Kier molecular flexibility index (Phi) is 10.4. The molecule has 2 heterocycles. The normalized spacial score (nSPS) is 23.8. The first-order valence-corrected chi connectivity index (χ1v) is 9.73.